The van der Waals surface area contributed by atoms with Crippen LogP contribution in [0.4, 0.5) is 0 Å². The molecule has 0 aliphatic carbocycles. The van der Waals surface area contributed by atoms with Gasteiger partial charge in [-0.15, -0.1) is 11.3 Å². The van der Waals surface area contributed by atoms with Crippen LogP contribution in [-0.2, 0) is 4.79 Å². The minimum absolute atomic E-state index is 0.0565. The Kier molecular flexibility index (Phi) is 5.29. The quantitative estimate of drug-likeness (QED) is 0.836. The van der Waals surface area contributed by atoms with E-state index in [9.17, 15) is 4.79 Å². The highest BCUT2D eigenvalue weighted by Gasteiger charge is 2.16. The number of carbonyl (C=O) groups is 1. The minimum Gasteiger partial charge on any atom is -0.355 e. The number of rotatable bonds is 5. The van der Waals surface area contributed by atoms with E-state index in [4.69, 9.17) is 11.6 Å². The molecule has 0 spiro atoms. The summed E-state index contributed by atoms with van der Waals surface area (Å²) in [5.41, 5.74) is 0.889. The molecule has 1 unspecified atom stereocenters. The van der Waals surface area contributed by atoms with Crippen LogP contribution in [0.15, 0.2) is 22.5 Å². The Labute approximate surface area is 132 Å². The number of thiazole rings is 1. The first-order chi connectivity index (χ1) is 9.45. The van der Waals surface area contributed by atoms with E-state index in [0.717, 1.165) is 14.6 Å². The van der Waals surface area contributed by atoms with Crippen LogP contribution in [0.3, 0.4) is 0 Å². The maximum absolute atomic E-state index is 11.9. The molecule has 1 aromatic heterocycles. The largest absolute Gasteiger partial charge is 0.355 e. The van der Waals surface area contributed by atoms with Gasteiger partial charge in [0.1, 0.15) is 0 Å². The third kappa shape index (κ3) is 4.11. The van der Waals surface area contributed by atoms with E-state index in [1.54, 1.807) is 11.3 Å². The Hall–Kier alpha value is -0.780. The molecule has 2 aromatic rings. The molecule has 20 heavy (non-hydrogen) atoms. The van der Waals surface area contributed by atoms with E-state index in [2.05, 4.69) is 24.1 Å². The standard InChI is InChI=1S/C14H17ClN2OS2/c1-8(2)7-16-13(18)9(3)19-14-17-11-6-10(15)4-5-12(11)20-14/h4-6,8-9H,7H2,1-3H3,(H,16,18). The molecule has 6 heteroatoms. The molecular weight excluding hydrogens is 312 g/mol. The zero-order valence-electron chi connectivity index (χ0n) is 11.6. The van der Waals surface area contributed by atoms with Crippen molar-refractivity contribution < 1.29 is 4.79 Å². The fraction of sp³-hybridized carbons (Fsp3) is 0.429. The van der Waals surface area contributed by atoms with Crippen molar-refractivity contribution in [1.82, 2.24) is 10.3 Å². The lowest BCUT2D eigenvalue weighted by atomic mass is 10.2. The summed E-state index contributed by atoms with van der Waals surface area (Å²) in [6.45, 7) is 6.77. The van der Waals surface area contributed by atoms with Crippen LogP contribution < -0.4 is 5.32 Å². The monoisotopic (exact) mass is 328 g/mol. The molecule has 1 amide bonds. The number of amides is 1. The normalized spacial score (nSPS) is 12.8. The highest BCUT2D eigenvalue weighted by Crippen LogP contribution is 2.33. The number of benzene rings is 1. The summed E-state index contributed by atoms with van der Waals surface area (Å²) in [6.07, 6.45) is 0. The molecule has 0 bridgehead atoms. The smallest absolute Gasteiger partial charge is 0.233 e. The summed E-state index contributed by atoms with van der Waals surface area (Å²) in [5.74, 6) is 0.515. The molecule has 0 aliphatic rings. The second-order valence-corrected chi connectivity index (χ2v) is 8.05. The predicted octanol–water partition coefficient (Wildman–Crippen LogP) is 4.20. The first kappa shape index (κ1) is 15.6. The molecule has 0 saturated heterocycles. The zero-order valence-corrected chi connectivity index (χ0v) is 14.0. The molecule has 0 aliphatic heterocycles. The van der Waals surface area contributed by atoms with Crippen molar-refractivity contribution in [3.63, 3.8) is 0 Å². The molecule has 108 valence electrons. The second kappa shape index (κ2) is 6.78. The summed E-state index contributed by atoms with van der Waals surface area (Å²) in [6, 6.07) is 5.67. The Morgan fingerprint density at radius 1 is 1.45 bits per heavy atom. The number of carbonyl (C=O) groups excluding carboxylic acids is 1. The fourth-order valence-electron chi connectivity index (χ4n) is 1.58. The van der Waals surface area contributed by atoms with Gasteiger partial charge in [0.05, 0.1) is 15.5 Å². The van der Waals surface area contributed by atoms with Gasteiger partial charge in [0.25, 0.3) is 0 Å². The third-order valence-electron chi connectivity index (χ3n) is 2.66. The zero-order chi connectivity index (χ0) is 14.7. The molecule has 1 heterocycles. The molecule has 2 rings (SSSR count). The third-order valence-corrected chi connectivity index (χ3v) is 5.13. The number of halogens is 1. The number of nitrogens with zero attached hydrogens (tertiary/aromatic N) is 1. The highest BCUT2D eigenvalue weighted by molar-refractivity contribution is 8.02. The molecule has 3 nitrogen and oxygen atoms in total. The number of nitrogens with one attached hydrogen (secondary N) is 1. The van der Waals surface area contributed by atoms with Gasteiger partial charge in [-0.05, 0) is 31.0 Å². The van der Waals surface area contributed by atoms with E-state index in [1.807, 2.05) is 25.1 Å². The summed E-state index contributed by atoms with van der Waals surface area (Å²) in [4.78, 5) is 16.5. The summed E-state index contributed by atoms with van der Waals surface area (Å²) < 4.78 is 1.99. The summed E-state index contributed by atoms with van der Waals surface area (Å²) in [5, 5.41) is 3.48. The molecule has 0 radical (unpaired) electrons. The van der Waals surface area contributed by atoms with Gasteiger partial charge in [-0.25, -0.2) is 4.98 Å². The van der Waals surface area contributed by atoms with E-state index in [0.29, 0.717) is 17.5 Å². The number of hydrogen-bond donors (Lipinski definition) is 1. The second-order valence-electron chi connectivity index (χ2n) is 4.99. The van der Waals surface area contributed by atoms with Crippen LogP contribution in [0.1, 0.15) is 20.8 Å². The van der Waals surface area contributed by atoms with Crippen LogP contribution in [0.5, 0.6) is 0 Å². The predicted molar refractivity (Wildman–Crippen MR) is 87.8 cm³/mol. The Bertz CT molecular complexity index is 612. The van der Waals surface area contributed by atoms with E-state index in [-0.39, 0.29) is 11.2 Å². The topological polar surface area (TPSA) is 42.0 Å². The first-order valence-corrected chi connectivity index (χ1v) is 8.53. The molecule has 0 fully saturated rings. The molecule has 1 aromatic carbocycles. The van der Waals surface area contributed by atoms with Gasteiger partial charge in [-0.1, -0.05) is 37.2 Å². The van der Waals surface area contributed by atoms with Crippen LogP contribution in [0, 0.1) is 5.92 Å². The fourth-order valence-corrected chi connectivity index (χ4v) is 3.97. The minimum atomic E-state index is -0.148. The summed E-state index contributed by atoms with van der Waals surface area (Å²) >= 11 is 9.03. The van der Waals surface area contributed by atoms with Crippen LogP contribution >= 0.6 is 34.7 Å². The van der Waals surface area contributed by atoms with Gasteiger partial charge in [0, 0.05) is 11.6 Å². The van der Waals surface area contributed by atoms with Crippen LogP contribution in [-0.4, -0.2) is 22.7 Å². The average Bonchev–Trinajstić information content (AvgIpc) is 2.76. The number of thioether (sulfide) groups is 1. The van der Waals surface area contributed by atoms with Gasteiger partial charge >= 0.3 is 0 Å². The first-order valence-electron chi connectivity index (χ1n) is 6.46. The lowest BCUT2D eigenvalue weighted by Gasteiger charge is -2.11. The molecule has 1 N–H and O–H groups in total. The van der Waals surface area contributed by atoms with Crippen molar-refractivity contribution in [3.05, 3.63) is 23.2 Å². The average molecular weight is 329 g/mol. The van der Waals surface area contributed by atoms with Gasteiger partial charge in [-0.2, -0.15) is 0 Å². The van der Waals surface area contributed by atoms with Gasteiger partial charge in [-0.3, -0.25) is 4.79 Å². The maximum atomic E-state index is 11.9. The number of hydrogen-bond acceptors (Lipinski definition) is 4. The SMILES string of the molecule is CC(C)CNC(=O)C(C)Sc1nc2cc(Cl)ccc2s1. The van der Waals surface area contributed by atoms with E-state index < -0.39 is 0 Å². The highest BCUT2D eigenvalue weighted by atomic mass is 35.5. The number of fused-ring (bicyclic) bond motifs is 1. The van der Waals surface area contributed by atoms with Crippen LogP contribution in [0.25, 0.3) is 10.2 Å². The van der Waals surface area contributed by atoms with E-state index in [1.165, 1.54) is 11.8 Å². The van der Waals surface area contributed by atoms with E-state index >= 15 is 0 Å². The lowest BCUT2D eigenvalue weighted by Crippen LogP contribution is -2.33. The molecule has 0 saturated carbocycles. The summed E-state index contributed by atoms with van der Waals surface area (Å²) in [7, 11) is 0. The van der Waals surface area contributed by atoms with Gasteiger partial charge < -0.3 is 5.32 Å². The maximum Gasteiger partial charge on any atom is 0.233 e. The Balaban J connectivity index is 2.02. The van der Waals surface area contributed by atoms with Crippen molar-refractivity contribution >= 4 is 50.8 Å². The van der Waals surface area contributed by atoms with Crippen molar-refractivity contribution in [2.24, 2.45) is 5.92 Å². The number of aromatic nitrogens is 1. The molecular formula is C14H17ClN2OS2. The van der Waals surface area contributed by atoms with Gasteiger partial charge in [0.15, 0.2) is 4.34 Å². The van der Waals surface area contributed by atoms with Crippen molar-refractivity contribution in [2.75, 3.05) is 6.54 Å². The van der Waals surface area contributed by atoms with Crippen molar-refractivity contribution in [3.8, 4) is 0 Å². The molecule has 1 atom stereocenters. The Morgan fingerprint density at radius 3 is 2.90 bits per heavy atom. The van der Waals surface area contributed by atoms with Crippen LogP contribution in [0.2, 0.25) is 5.02 Å². The van der Waals surface area contributed by atoms with Gasteiger partial charge in [0.2, 0.25) is 5.91 Å². The van der Waals surface area contributed by atoms with Crippen molar-refractivity contribution in [2.45, 2.75) is 30.4 Å². The Morgan fingerprint density at radius 2 is 2.20 bits per heavy atom. The lowest BCUT2D eigenvalue weighted by molar-refractivity contribution is -0.120. The van der Waals surface area contributed by atoms with Crippen molar-refractivity contribution in [1.29, 1.82) is 0 Å².